The average Bonchev–Trinajstić information content (AvgIpc) is 3.82. The number of aliphatic carboxylic acids is 1. The van der Waals surface area contributed by atoms with Gasteiger partial charge in [-0.05, 0) is 98.0 Å². The van der Waals surface area contributed by atoms with Crippen molar-refractivity contribution in [3.63, 3.8) is 0 Å². The van der Waals surface area contributed by atoms with Gasteiger partial charge in [-0.1, -0.05) is 53.5 Å². The fraction of sp³-hybridized carbons (Fsp3) is 0.400. The summed E-state index contributed by atoms with van der Waals surface area (Å²) in [4.78, 5) is 25.0. The number of fused-ring (bicyclic) bond motifs is 1. The molecule has 4 aromatic carbocycles. The second-order valence-corrected chi connectivity index (χ2v) is 18.7. The third kappa shape index (κ3) is 10.8. The summed E-state index contributed by atoms with van der Waals surface area (Å²) in [5.41, 5.74) is 4.93. The molecule has 16 heteroatoms. The molecular weight excluding hydrogens is 844 g/mol. The Hall–Kier alpha value is -4.73. The van der Waals surface area contributed by atoms with Crippen LogP contribution in [0.2, 0.25) is 10.0 Å². The lowest BCUT2D eigenvalue weighted by Gasteiger charge is -2.31. The summed E-state index contributed by atoms with van der Waals surface area (Å²) >= 11 is 14.1. The van der Waals surface area contributed by atoms with Crippen LogP contribution in [-0.4, -0.2) is 79.6 Å². The predicted molar refractivity (Wildman–Crippen MR) is 235 cm³/mol. The molecule has 0 radical (unpaired) electrons. The molecule has 61 heavy (non-hydrogen) atoms. The maximum Gasteiger partial charge on any atom is 0.306 e. The molecule has 5 aromatic rings. The van der Waals surface area contributed by atoms with Gasteiger partial charge in [-0.3, -0.25) is 14.3 Å². The van der Waals surface area contributed by atoms with Gasteiger partial charge < -0.3 is 29.6 Å². The van der Waals surface area contributed by atoms with Crippen LogP contribution in [0.25, 0.3) is 33.2 Å². The summed E-state index contributed by atoms with van der Waals surface area (Å²) in [7, 11) is -0.286. The van der Waals surface area contributed by atoms with Gasteiger partial charge in [0, 0.05) is 77.7 Å². The average molecular weight is 895 g/mol. The van der Waals surface area contributed by atoms with Gasteiger partial charge in [-0.25, -0.2) is 4.39 Å². The minimum Gasteiger partial charge on any atom is -0.496 e. The predicted octanol–water partition coefficient (Wildman–Crippen LogP) is 8.29. The second kappa shape index (κ2) is 19.1. The van der Waals surface area contributed by atoms with Crippen molar-refractivity contribution in [3.8, 4) is 33.8 Å². The van der Waals surface area contributed by atoms with Crippen LogP contribution in [0.1, 0.15) is 61.6 Å². The van der Waals surface area contributed by atoms with Gasteiger partial charge in [0.05, 0.1) is 36.6 Å². The smallest absolute Gasteiger partial charge is 0.306 e. The molecule has 0 bridgehead atoms. The van der Waals surface area contributed by atoms with Crippen LogP contribution < -0.4 is 19.6 Å². The largest absolute Gasteiger partial charge is 0.496 e. The second-order valence-electron chi connectivity index (χ2n) is 16.3. The Kier molecular flexibility index (Phi) is 13.9. The first kappa shape index (κ1) is 44.3. The molecule has 1 aromatic heterocycles. The van der Waals surface area contributed by atoms with E-state index in [2.05, 4.69) is 22.6 Å². The van der Waals surface area contributed by atoms with E-state index >= 15 is 4.39 Å². The topological polar surface area (TPSA) is 152 Å². The summed E-state index contributed by atoms with van der Waals surface area (Å²) in [6.45, 7) is 2.28. The highest BCUT2D eigenvalue weighted by molar-refractivity contribution is 7.86. The lowest BCUT2D eigenvalue weighted by atomic mass is 9.80. The number of carboxylic acids is 1. The molecule has 2 heterocycles. The number of carbonyl (C=O) groups excluding carboxylic acids is 1. The Morgan fingerprint density at radius 3 is 2.43 bits per heavy atom. The SMILES string of the molecule is COc1cc(Cn2ncc3c(-c4cccc(-c5cc(F)c(CNC[C@@H]6CCC(=O)N6)c(OS(C)(=O)=O)c5)c4Cl)cccc32)c(Cl)cc1CN(C)C[C@H]1CC[C@H](CC(=O)O)CC1. The number of ether oxygens (including phenoxy) is 1. The van der Waals surface area contributed by atoms with Crippen molar-refractivity contribution in [1.82, 2.24) is 25.3 Å². The van der Waals surface area contributed by atoms with Gasteiger partial charge in [0.2, 0.25) is 5.91 Å². The Morgan fingerprint density at radius 1 is 1.00 bits per heavy atom. The summed E-state index contributed by atoms with van der Waals surface area (Å²) in [6, 6.07) is 17.8. The molecule has 1 amide bonds. The fourth-order valence-electron chi connectivity index (χ4n) is 8.70. The van der Waals surface area contributed by atoms with E-state index in [0.717, 1.165) is 71.8 Å². The van der Waals surface area contributed by atoms with Gasteiger partial charge >= 0.3 is 16.1 Å². The van der Waals surface area contributed by atoms with Crippen molar-refractivity contribution in [1.29, 1.82) is 0 Å². The standard InChI is InChI=1S/C45H50Cl2FN5O7S/c1-52(24-28-12-10-27(11-13-28)16-44(55)56)25-31-17-38(46)30(20-41(31)59-2)26-53-40-9-5-7-34(36(40)23-50-53)35-8-4-6-33(45(35)47)29-18-39(48)37(42(19-29)60-61(3,57)58)22-49-21-32-14-15-43(54)51-32/h4-9,17-20,23,27-28,32,49H,10-16,21-22,24-26H2,1-3H3,(H,51,54)(H,55,56)/t27-,28-,32-/m0/s1. The number of carboxylic acid groups (broad SMARTS) is 1. The zero-order valence-electron chi connectivity index (χ0n) is 34.3. The Morgan fingerprint density at radius 2 is 1.72 bits per heavy atom. The van der Waals surface area contributed by atoms with Crippen LogP contribution in [0.4, 0.5) is 4.39 Å². The molecule has 1 atom stereocenters. The van der Waals surface area contributed by atoms with Crippen LogP contribution in [0.15, 0.2) is 66.9 Å². The van der Waals surface area contributed by atoms with E-state index in [4.69, 9.17) is 42.3 Å². The summed E-state index contributed by atoms with van der Waals surface area (Å²) < 4.78 is 53.5. The monoisotopic (exact) mass is 893 g/mol. The van der Waals surface area contributed by atoms with Gasteiger partial charge in [0.1, 0.15) is 11.6 Å². The molecule has 12 nitrogen and oxygen atoms in total. The number of nitrogens with one attached hydrogen (secondary N) is 2. The number of amides is 1. The van der Waals surface area contributed by atoms with E-state index in [9.17, 15) is 18.0 Å². The molecule has 3 N–H and O–H groups in total. The van der Waals surface area contributed by atoms with E-state index < -0.39 is 21.9 Å². The molecule has 1 aliphatic heterocycles. The third-order valence-electron chi connectivity index (χ3n) is 11.7. The maximum absolute atomic E-state index is 15.9. The van der Waals surface area contributed by atoms with Crippen molar-refractivity contribution in [2.24, 2.45) is 11.8 Å². The zero-order valence-corrected chi connectivity index (χ0v) is 36.7. The molecule has 1 saturated heterocycles. The van der Waals surface area contributed by atoms with E-state index in [-0.39, 0.29) is 42.1 Å². The Labute approximate surface area is 365 Å². The summed E-state index contributed by atoms with van der Waals surface area (Å²) in [6.07, 6.45) is 7.95. The first-order chi connectivity index (χ1) is 29.1. The first-order valence-corrected chi connectivity index (χ1v) is 22.9. The number of benzene rings is 4. The van der Waals surface area contributed by atoms with Crippen LogP contribution in [-0.2, 0) is 39.3 Å². The molecular formula is C45H50Cl2FN5O7S. The van der Waals surface area contributed by atoms with Crippen molar-refractivity contribution in [3.05, 3.63) is 99.4 Å². The fourth-order valence-corrected chi connectivity index (χ4v) is 9.76. The van der Waals surface area contributed by atoms with Crippen molar-refractivity contribution in [2.75, 3.05) is 33.5 Å². The lowest BCUT2D eigenvalue weighted by molar-refractivity contribution is -0.138. The lowest BCUT2D eigenvalue weighted by Crippen LogP contribution is -2.35. The molecule has 324 valence electrons. The van der Waals surface area contributed by atoms with Crippen LogP contribution in [0.5, 0.6) is 11.5 Å². The molecule has 2 aliphatic rings. The van der Waals surface area contributed by atoms with Gasteiger partial charge in [0.15, 0.2) is 5.75 Å². The van der Waals surface area contributed by atoms with Crippen LogP contribution >= 0.6 is 23.2 Å². The first-order valence-electron chi connectivity index (χ1n) is 20.4. The van der Waals surface area contributed by atoms with Crippen LogP contribution in [0, 0.1) is 17.7 Å². The molecule has 2 fully saturated rings. The summed E-state index contributed by atoms with van der Waals surface area (Å²) in [5.74, 6) is -0.0797. The molecule has 0 spiro atoms. The van der Waals surface area contributed by atoms with Gasteiger partial charge in [-0.2, -0.15) is 13.5 Å². The Balaban J connectivity index is 1.10. The van der Waals surface area contributed by atoms with E-state index in [1.54, 1.807) is 25.4 Å². The highest BCUT2D eigenvalue weighted by Gasteiger charge is 2.26. The zero-order chi connectivity index (χ0) is 43.4. The van der Waals surface area contributed by atoms with Crippen molar-refractivity contribution < 1.29 is 36.4 Å². The minimum absolute atomic E-state index is 0.0246. The highest BCUT2D eigenvalue weighted by atomic mass is 35.5. The molecule has 7 rings (SSSR count). The minimum atomic E-state index is -4.02. The molecule has 0 unspecified atom stereocenters. The quantitative estimate of drug-likeness (QED) is 0.0778. The van der Waals surface area contributed by atoms with Crippen molar-refractivity contribution >= 4 is 56.1 Å². The van der Waals surface area contributed by atoms with Gasteiger partial charge in [-0.15, -0.1) is 0 Å². The van der Waals surface area contributed by atoms with E-state index in [1.807, 2.05) is 41.1 Å². The number of carbonyl (C=O) groups is 2. The third-order valence-corrected chi connectivity index (χ3v) is 12.9. The number of nitrogens with zero attached hydrogens (tertiary/aromatic N) is 3. The summed E-state index contributed by atoms with van der Waals surface area (Å²) in [5, 5.41) is 21.6. The highest BCUT2D eigenvalue weighted by Crippen LogP contribution is 2.41. The van der Waals surface area contributed by atoms with Gasteiger partial charge in [0.25, 0.3) is 0 Å². The number of hydrogen-bond acceptors (Lipinski definition) is 9. The molecule has 1 aliphatic carbocycles. The van der Waals surface area contributed by atoms with E-state index in [0.29, 0.717) is 65.1 Å². The van der Waals surface area contributed by atoms with Crippen molar-refractivity contribution in [2.45, 2.75) is 70.6 Å². The molecule has 1 saturated carbocycles. The maximum atomic E-state index is 15.9. The van der Waals surface area contributed by atoms with Crippen LogP contribution in [0.3, 0.4) is 0 Å². The number of rotatable bonds is 17. The normalized spacial score (nSPS) is 18.1. The Bertz CT molecular complexity index is 2540. The number of methoxy groups -OCH3 is 1. The number of halogens is 3. The van der Waals surface area contributed by atoms with E-state index in [1.165, 1.54) is 12.1 Å². The number of hydrogen-bond donors (Lipinski definition) is 3. The number of aromatic nitrogens is 2.